The van der Waals surface area contributed by atoms with Crippen molar-refractivity contribution in [3.63, 3.8) is 0 Å². The third-order valence-corrected chi connectivity index (χ3v) is 2.40. The van der Waals surface area contributed by atoms with Gasteiger partial charge in [0.25, 0.3) is 0 Å². The fourth-order valence-electron chi connectivity index (χ4n) is 1.67. The number of phenols is 1. The van der Waals surface area contributed by atoms with Gasteiger partial charge in [-0.3, -0.25) is 0 Å². The molecule has 0 aliphatic carbocycles. The van der Waals surface area contributed by atoms with Crippen molar-refractivity contribution in [1.82, 2.24) is 0 Å². The summed E-state index contributed by atoms with van der Waals surface area (Å²) < 4.78 is 13.0. The van der Waals surface area contributed by atoms with Gasteiger partial charge in [0.05, 0.1) is 0 Å². The Bertz CT molecular complexity index is 308. The van der Waals surface area contributed by atoms with Gasteiger partial charge < -0.3 is 10.0 Å². The number of rotatable bonds is 1. The van der Waals surface area contributed by atoms with Crippen molar-refractivity contribution >= 4 is 5.69 Å². The van der Waals surface area contributed by atoms with Crippen molar-refractivity contribution in [1.29, 1.82) is 0 Å². The van der Waals surface area contributed by atoms with E-state index < -0.39 is 5.82 Å². The Kier molecular flexibility index (Phi) is 2.08. The summed E-state index contributed by atoms with van der Waals surface area (Å²) in [7, 11) is 0. The molecule has 0 atom stereocenters. The maximum absolute atomic E-state index is 13.0. The van der Waals surface area contributed by atoms with Gasteiger partial charge in [0.15, 0.2) is 11.6 Å². The average molecular weight is 181 g/mol. The van der Waals surface area contributed by atoms with E-state index in [1.165, 1.54) is 25.0 Å². The molecule has 2 nitrogen and oxygen atoms in total. The van der Waals surface area contributed by atoms with Crippen molar-refractivity contribution < 1.29 is 9.50 Å². The molecule has 1 saturated heterocycles. The van der Waals surface area contributed by atoms with Crippen LogP contribution in [0.3, 0.4) is 0 Å². The van der Waals surface area contributed by atoms with Crippen molar-refractivity contribution in [2.24, 2.45) is 0 Å². The van der Waals surface area contributed by atoms with Gasteiger partial charge in [0, 0.05) is 24.8 Å². The number of aromatic hydroxyl groups is 1. The van der Waals surface area contributed by atoms with E-state index in [9.17, 15) is 4.39 Å². The second kappa shape index (κ2) is 3.24. The predicted molar refractivity (Wildman–Crippen MR) is 49.5 cm³/mol. The Balaban J connectivity index is 2.25. The van der Waals surface area contributed by atoms with Gasteiger partial charge in [-0.25, -0.2) is 4.39 Å². The Morgan fingerprint density at radius 1 is 1.23 bits per heavy atom. The first-order valence-corrected chi connectivity index (χ1v) is 4.51. The minimum Gasteiger partial charge on any atom is -0.505 e. The smallest absolute Gasteiger partial charge is 0.166 e. The minimum absolute atomic E-state index is 0.275. The maximum atomic E-state index is 13.0. The molecule has 0 saturated carbocycles. The second-order valence-electron chi connectivity index (χ2n) is 3.33. The molecule has 1 aromatic carbocycles. The number of hydrogen-bond acceptors (Lipinski definition) is 2. The van der Waals surface area contributed by atoms with E-state index in [0.717, 1.165) is 18.8 Å². The van der Waals surface area contributed by atoms with Gasteiger partial charge in [-0.05, 0) is 25.0 Å². The minimum atomic E-state index is -0.538. The van der Waals surface area contributed by atoms with Crippen LogP contribution in [0.1, 0.15) is 12.8 Å². The van der Waals surface area contributed by atoms with Crippen LogP contribution in [-0.4, -0.2) is 18.2 Å². The van der Waals surface area contributed by atoms with Crippen molar-refractivity contribution in [2.75, 3.05) is 18.0 Å². The monoisotopic (exact) mass is 181 g/mol. The van der Waals surface area contributed by atoms with Crippen LogP contribution < -0.4 is 4.90 Å². The quantitative estimate of drug-likeness (QED) is 0.717. The van der Waals surface area contributed by atoms with Crippen LogP contribution in [0, 0.1) is 5.82 Å². The lowest BCUT2D eigenvalue weighted by molar-refractivity contribution is 0.432. The van der Waals surface area contributed by atoms with E-state index >= 15 is 0 Å². The van der Waals surface area contributed by atoms with E-state index in [4.69, 9.17) is 5.11 Å². The zero-order chi connectivity index (χ0) is 9.26. The van der Waals surface area contributed by atoms with E-state index in [0.29, 0.717) is 0 Å². The molecule has 0 amide bonds. The highest BCUT2D eigenvalue weighted by Crippen LogP contribution is 2.25. The molecule has 1 heterocycles. The lowest BCUT2D eigenvalue weighted by atomic mass is 10.2. The number of hydrogen-bond donors (Lipinski definition) is 1. The fraction of sp³-hybridized carbons (Fsp3) is 0.400. The standard InChI is InChI=1S/C10H12FNO/c11-9-7-8(3-4-10(9)13)12-5-1-2-6-12/h3-4,7,13H,1-2,5-6H2. The summed E-state index contributed by atoms with van der Waals surface area (Å²) in [6.07, 6.45) is 2.34. The fourth-order valence-corrected chi connectivity index (χ4v) is 1.67. The topological polar surface area (TPSA) is 23.5 Å². The molecule has 1 aliphatic rings. The zero-order valence-corrected chi connectivity index (χ0v) is 7.33. The summed E-state index contributed by atoms with van der Waals surface area (Å²) >= 11 is 0. The first-order chi connectivity index (χ1) is 6.27. The summed E-state index contributed by atoms with van der Waals surface area (Å²) in [5, 5.41) is 8.99. The molecular formula is C10H12FNO. The van der Waals surface area contributed by atoms with Crippen LogP contribution in [0.25, 0.3) is 0 Å². The Morgan fingerprint density at radius 3 is 2.54 bits per heavy atom. The molecule has 1 aliphatic heterocycles. The normalized spacial score (nSPS) is 16.5. The van der Waals surface area contributed by atoms with Crippen molar-refractivity contribution in [2.45, 2.75) is 12.8 Å². The molecule has 3 heteroatoms. The van der Waals surface area contributed by atoms with E-state index in [2.05, 4.69) is 4.90 Å². The van der Waals surface area contributed by atoms with Crippen LogP contribution in [0.5, 0.6) is 5.75 Å². The first kappa shape index (κ1) is 8.35. The lowest BCUT2D eigenvalue weighted by Gasteiger charge is -2.17. The molecule has 2 rings (SSSR count). The molecule has 0 radical (unpaired) electrons. The molecule has 0 spiro atoms. The molecule has 0 aromatic heterocycles. The highest BCUT2D eigenvalue weighted by Gasteiger charge is 2.13. The Morgan fingerprint density at radius 2 is 1.92 bits per heavy atom. The van der Waals surface area contributed by atoms with E-state index in [1.54, 1.807) is 6.07 Å². The predicted octanol–water partition coefficient (Wildman–Crippen LogP) is 2.13. The average Bonchev–Trinajstić information content (AvgIpc) is 2.62. The number of benzene rings is 1. The summed E-state index contributed by atoms with van der Waals surface area (Å²) in [6.45, 7) is 1.98. The molecule has 70 valence electrons. The largest absolute Gasteiger partial charge is 0.505 e. The Labute approximate surface area is 76.6 Å². The summed E-state index contributed by atoms with van der Waals surface area (Å²) in [4.78, 5) is 2.13. The Hall–Kier alpha value is -1.25. The van der Waals surface area contributed by atoms with Gasteiger partial charge in [-0.2, -0.15) is 0 Å². The van der Waals surface area contributed by atoms with Crippen LogP contribution in [0.4, 0.5) is 10.1 Å². The summed E-state index contributed by atoms with van der Waals surface area (Å²) in [5.41, 5.74) is 0.868. The van der Waals surface area contributed by atoms with Crippen molar-refractivity contribution in [3.8, 4) is 5.75 Å². The molecule has 1 aromatic rings. The van der Waals surface area contributed by atoms with Crippen molar-refractivity contribution in [3.05, 3.63) is 24.0 Å². The zero-order valence-electron chi connectivity index (χ0n) is 7.33. The van der Waals surface area contributed by atoms with E-state index in [-0.39, 0.29) is 5.75 Å². The second-order valence-corrected chi connectivity index (χ2v) is 3.33. The molecule has 1 N–H and O–H groups in total. The third-order valence-electron chi connectivity index (χ3n) is 2.40. The van der Waals surface area contributed by atoms with Gasteiger partial charge in [-0.1, -0.05) is 0 Å². The van der Waals surface area contributed by atoms with Gasteiger partial charge in [-0.15, -0.1) is 0 Å². The molecule has 0 bridgehead atoms. The number of anilines is 1. The van der Waals surface area contributed by atoms with Crippen LogP contribution in [0.15, 0.2) is 18.2 Å². The highest BCUT2D eigenvalue weighted by molar-refractivity contribution is 5.50. The molecule has 0 unspecified atom stereocenters. The van der Waals surface area contributed by atoms with Crippen LogP contribution >= 0.6 is 0 Å². The summed E-state index contributed by atoms with van der Waals surface area (Å²) in [6, 6.07) is 4.55. The highest BCUT2D eigenvalue weighted by atomic mass is 19.1. The summed E-state index contributed by atoms with van der Waals surface area (Å²) in [5.74, 6) is -0.813. The van der Waals surface area contributed by atoms with Crippen LogP contribution in [0.2, 0.25) is 0 Å². The maximum Gasteiger partial charge on any atom is 0.166 e. The van der Waals surface area contributed by atoms with Gasteiger partial charge in [0.1, 0.15) is 0 Å². The molecule has 13 heavy (non-hydrogen) atoms. The lowest BCUT2D eigenvalue weighted by Crippen LogP contribution is -2.17. The molecular weight excluding hydrogens is 169 g/mol. The SMILES string of the molecule is Oc1ccc(N2CCCC2)cc1F. The first-order valence-electron chi connectivity index (χ1n) is 4.51. The third kappa shape index (κ3) is 1.59. The van der Waals surface area contributed by atoms with E-state index in [1.807, 2.05) is 0 Å². The number of halogens is 1. The van der Waals surface area contributed by atoms with Gasteiger partial charge >= 0.3 is 0 Å². The van der Waals surface area contributed by atoms with Crippen LogP contribution in [-0.2, 0) is 0 Å². The van der Waals surface area contributed by atoms with Gasteiger partial charge in [0.2, 0.25) is 0 Å². The number of phenolic OH excluding ortho intramolecular Hbond substituents is 1. The molecule has 1 fully saturated rings. The number of nitrogens with zero attached hydrogens (tertiary/aromatic N) is 1.